The van der Waals surface area contributed by atoms with Crippen LogP contribution in [0.15, 0.2) is 48.5 Å². The van der Waals surface area contributed by atoms with Crippen LogP contribution in [0, 0.1) is 0 Å². The number of carbonyl (C=O) groups is 1. The van der Waals surface area contributed by atoms with Crippen LogP contribution < -0.4 is 0 Å². The van der Waals surface area contributed by atoms with Crippen LogP contribution in [0.4, 0.5) is 0 Å². The molecule has 0 saturated heterocycles. The predicted octanol–water partition coefficient (Wildman–Crippen LogP) is 3.53. The highest BCUT2D eigenvalue weighted by atomic mass is 35.5. The Balaban J connectivity index is 2.46. The van der Waals surface area contributed by atoms with E-state index in [1.54, 1.807) is 18.2 Å². The summed E-state index contributed by atoms with van der Waals surface area (Å²) in [5, 5.41) is 9.79. The summed E-state index contributed by atoms with van der Waals surface area (Å²) < 4.78 is 18.8. The molecular formula is C15H13ClO4S. The van der Waals surface area contributed by atoms with E-state index >= 15 is 0 Å². The van der Waals surface area contributed by atoms with E-state index in [0.717, 1.165) is 11.1 Å². The van der Waals surface area contributed by atoms with Crippen LogP contribution in [0.25, 0.3) is 11.1 Å². The molecule has 0 heterocycles. The lowest BCUT2D eigenvalue weighted by molar-refractivity contribution is -0.139. The van der Waals surface area contributed by atoms with Gasteiger partial charge in [-0.3, -0.25) is 4.79 Å². The average molecular weight is 325 g/mol. The van der Waals surface area contributed by atoms with Crippen LogP contribution in [0.5, 0.6) is 0 Å². The fraction of sp³-hybridized carbons (Fsp3) is 0.133. The molecule has 2 atom stereocenters. The van der Waals surface area contributed by atoms with Crippen molar-refractivity contribution in [1.29, 1.82) is 0 Å². The van der Waals surface area contributed by atoms with Gasteiger partial charge >= 0.3 is 5.97 Å². The minimum atomic E-state index is -2.53. The number of aliphatic carboxylic acids is 1. The molecule has 2 rings (SSSR count). The van der Waals surface area contributed by atoms with E-state index < -0.39 is 21.8 Å². The Kier molecular flexibility index (Phi) is 4.46. The van der Waals surface area contributed by atoms with Crippen molar-refractivity contribution in [1.82, 2.24) is 0 Å². The van der Waals surface area contributed by atoms with E-state index in [0.29, 0.717) is 5.02 Å². The number of benzene rings is 2. The zero-order valence-electron chi connectivity index (χ0n) is 11.1. The molecule has 2 aromatic rings. The number of carboxylic acids is 1. The first kappa shape index (κ1) is 15.7. The van der Waals surface area contributed by atoms with Gasteiger partial charge in [-0.15, -0.1) is 0 Å². The summed E-state index contributed by atoms with van der Waals surface area (Å²) in [6.45, 7) is 1.22. The summed E-state index contributed by atoms with van der Waals surface area (Å²) in [5.74, 6) is -1.35. The third-order valence-electron chi connectivity index (χ3n) is 3.38. The molecule has 0 aromatic heterocycles. The molecule has 4 nitrogen and oxygen atoms in total. The van der Waals surface area contributed by atoms with Crippen LogP contribution in [0.1, 0.15) is 12.5 Å². The summed E-state index contributed by atoms with van der Waals surface area (Å²) in [7, 11) is 0. The van der Waals surface area contributed by atoms with E-state index in [1.807, 2.05) is 18.2 Å². The number of hydrogen-bond acceptors (Lipinski definition) is 2. The molecule has 110 valence electrons. The van der Waals surface area contributed by atoms with Gasteiger partial charge in [0.25, 0.3) is 0 Å². The van der Waals surface area contributed by atoms with E-state index in [2.05, 4.69) is 0 Å². The molecule has 0 saturated carbocycles. The Hall–Kier alpha value is -1.69. The second-order valence-corrected chi connectivity index (χ2v) is 6.37. The fourth-order valence-corrected chi connectivity index (χ4v) is 2.69. The van der Waals surface area contributed by atoms with Crippen molar-refractivity contribution in [3.8, 4) is 11.1 Å². The van der Waals surface area contributed by atoms with E-state index in [4.69, 9.17) is 11.6 Å². The van der Waals surface area contributed by atoms with Gasteiger partial charge in [0.05, 0.1) is 0 Å². The molecule has 0 radical (unpaired) electrons. The van der Waals surface area contributed by atoms with Crippen LogP contribution >= 0.6 is 11.6 Å². The maximum Gasteiger partial charge on any atom is 0.329 e. The maximum atomic E-state index is 11.4. The topological polar surface area (TPSA) is 74.6 Å². The molecule has 6 heteroatoms. The molecule has 0 fully saturated rings. The minimum Gasteiger partial charge on any atom is -0.480 e. The number of rotatable bonds is 4. The molecule has 0 aliphatic heterocycles. The van der Waals surface area contributed by atoms with Crippen LogP contribution in [-0.2, 0) is 20.6 Å². The van der Waals surface area contributed by atoms with Crippen molar-refractivity contribution in [2.45, 2.75) is 11.7 Å². The van der Waals surface area contributed by atoms with Crippen molar-refractivity contribution in [2.75, 3.05) is 0 Å². The van der Waals surface area contributed by atoms with Gasteiger partial charge in [0.15, 0.2) is 15.8 Å². The quantitative estimate of drug-likeness (QED) is 0.844. The molecule has 0 amide bonds. The SMILES string of the molecule is CC(C(=O)O)(c1ccc(-c2ccccc2Cl)cc1)S(=O)O. The molecule has 2 N–H and O–H groups in total. The average Bonchev–Trinajstić information content (AvgIpc) is 2.46. The van der Waals surface area contributed by atoms with Crippen molar-refractivity contribution < 1.29 is 18.7 Å². The van der Waals surface area contributed by atoms with E-state index in [1.165, 1.54) is 19.1 Å². The summed E-state index contributed by atoms with van der Waals surface area (Å²) in [4.78, 5) is 11.3. The first-order chi connectivity index (χ1) is 9.87. The van der Waals surface area contributed by atoms with Crippen LogP contribution in [0.3, 0.4) is 0 Å². The molecule has 2 aromatic carbocycles. The van der Waals surface area contributed by atoms with Gasteiger partial charge in [-0.1, -0.05) is 54.1 Å². The Labute approximate surface area is 129 Å². The maximum absolute atomic E-state index is 11.4. The second-order valence-electron chi connectivity index (χ2n) is 4.64. The van der Waals surface area contributed by atoms with Gasteiger partial charge in [0.1, 0.15) is 0 Å². The molecule has 0 bridgehead atoms. The van der Waals surface area contributed by atoms with E-state index in [9.17, 15) is 18.7 Å². The van der Waals surface area contributed by atoms with E-state index in [-0.39, 0.29) is 5.56 Å². The third-order valence-corrected chi connectivity index (χ3v) is 4.82. The highest BCUT2D eigenvalue weighted by Gasteiger charge is 2.41. The lowest BCUT2D eigenvalue weighted by Gasteiger charge is -2.21. The smallest absolute Gasteiger partial charge is 0.329 e. The lowest BCUT2D eigenvalue weighted by atomic mass is 9.97. The molecule has 0 aliphatic rings. The standard InChI is InChI=1S/C15H13ClO4S/c1-15(14(17)18,21(19)20)11-8-6-10(7-9-11)12-4-2-3-5-13(12)16/h2-9H,1H3,(H,17,18)(H,19,20). The number of hydrogen-bond donors (Lipinski definition) is 2. The molecule has 2 unspecified atom stereocenters. The molecule has 21 heavy (non-hydrogen) atoms. The van der Waals surface area contributed by atoms with Gasteiger partial charge in [0, 0.05) is 10.6 Å². The van der Waals surface area contributed by atoms with Gasteiger partial charge in [-0.2, -0.15) is 0 Å². The Morgan fingerprint density at radius 1 is 1.14 bits per heavy atom. The van der Waals surface area contributed by atoms with Gasteiger partial charge in [-0.25, -0.2) is 4.21 Å². The minimum absolute atomic E-state index is 0.256. The lowest BCUT2D eigenvalue weighted by Crippen LogP contribution is -2.36. The van der Waals surface area contributed by atoms with Crippen LogP contribution in [-0.4, -0.2) is 19.8 Å². The number of halogens is 1. The fourth-order valence-electron chi connectivity index (χ4n) is 1.96. The number of carboxylic acid groups (broad SMARTS) is 1. The normalized spacial score (nSPS) is 15.2. The predicted molar refractivity (Wildman–Crippen MR) is 82.6 cm³/mol. The molecule has 0 aliphatic carbocycles. The summed E-state index contributed by atoms with van der Waals surface area (Å²) in [5.41, 5.74) is 1.88. The molecular weight excluding hydrogens is 312 g/mol. The third kappa shape index (κ3) is 2.85. The second kappa shape index (κ2) is 5.97. The summed E-state index contributed by atoms with van der Waals surface area (Å²) >= 11 is 3.58. The largest absolute Gasteiger partial charge is 0.480 e. The summed E-state index contributed by atoms with van der Waals surface area (Å²) in [6, 6.07) is 13.7. The Bertz CT molecular complexity index is 683. The molecule has 0 spiro atoms. The van der Waals surface area contributed by atoms with Crippen LogP contribution in [0.2, 0.25) is 5.02 Å². The zero-order valence-corrected chi connectivity index (χ0v) is 12.7. The van der Waals surface area contributed by atoms with Crippen molar-refractivity contribution >= 4 is 28.7 Å². The highest BCUT2D eigenvalue weighted by molar-refractivity contribution is 7.81. The van der Waals surface area contributed by atoms with Gasteiger partial charge < -0.3 is 9.66 Å². The summed E-state index contributed by atoms with van der Waals surface area (Å²) in [6.07, 6.45) is 0. The van der Waals surface area contributed by atoms with Crippen molar-refractivity contribution in [3.63, 3.8) is 0 Å². The van der Waals surface area contributed by atoms with Crippen molar-refractivity contribution in [2.24, 2.45) is 0 Å². The highest BCUT2D eigenvalue weighted by Crippen LogP contribution is 2.32. The monoisotopic (exact) mass is 324 g/mol. The van der Waals surface area contributed by atoms with Crippen molar-refractivity contribution in [3.05, 3.63) is 59.1 Å². The van der Waals surface area contributed by atoms with Gasteiger partial charge in [0.2, 0.25) is 0 Å². The Morgan fingerprint density at radius 2 is 1.71 bits per heavy atom. The first-order valence-corrected chi connectivity index (χ1v) is 7.55. The zero-order chi connectivity index (χ0) is 15.6. The Morgan fingerprint density at radius 3 is 2.19 bits per heavy atom. The first-order valence-electron chi connectivity index (χ1n) is 6.07. The van der Waals surface area contributed by atoms with Gasteiger partial charge in [-0.05, 0) is 24.1 Å².